The third kappa shape index (κ3) is 3.46. The van der Waals surface area contributed by atoms with E-state index >= 15 is 0 Å². The number of carbonyl (C=O) groups excluding carboxylic acids is 1. The lowest BCUT2D eigenvalue weighted by atomic mass is 10.2. The minimum absolute atomic E-state index is 0.240. The summed E-state index contributed by atoms with van der Waals surface area (Å²) in [5, 5.41) is 8.88. The van der Waals surface area contributed by atoms with Crippen molar-refractivity contribution in [1.82, 2.24) is 15.0 Å². The molecule has 1 amide bonds. The van der Waals surface area contributed by atoms with Crippen LogP contribution in [0.1, 0.15) is 12.6 Å². The van der Waals surface area contributed by atoms with Gasteiger partial charge in [0.1, 0.15) is 11.4 Å². The summed E-state index contributed by atoms with van der Waals surface area (Å²) >= 11 is 6.02. The summed E-state index contributed by atoms with van der Waals surface area (Å²) < 4.78 is 5.19. The molecular formula is C15H17ClN4O2. The first-order valence-corrected chi connectivity index (χ1v) is 7.13. The minimum atomic E-state index is -0.240. The number of benzene rings is 1. The molecule has 0 aliphatic rings. The Hall–Kier alpha value is -2.34. The number of carbonyl (C=O) groups is 1. The van der Waals surface area contributed by atoms with E-state index in [4.69, 9.17) is 16.3 Å². The summed E-state index contributed by atoms with van der Waals surface area (Å²) in [4.78, 5) is 15.3. The molecule has 0 aliphatic carbocycles. The van der Waals surface area contributed by atoms with Crippen LogP contribution in [-0.2, 0) is 17.9 Å². The molecule has 0 saturated heterocycles. The molecule has 2 aromatic rings. The average Bonchev–Trinajstić information content (AvgIpc) is 3.00. The minimum Gasteiger partial charge on any atom is -0.495 e. The lowest BCUT2D eigenvalue weighted by molar-refractivity contribution is -0.114. The third-order valence-corrected chi connectivity index (χ3v) is 3.39. The SMILES string of the molecule is C=CC(=O)N(Cc1cnn(CC)n1)c1ccc(Cl)c(OC)c1. The van der Waals surface area contributed by atoms with Gasteiger partial charge in [-0.25, -0.2) is 0 Å². The number of methoxy groups -OCH3 is 1. The van der Waals surface area contributed by atoms with Crippen molar-refractivity contribution in [1.29, 1.82) is 0 Å². The standard InChI is InChI=1S/C15H17ClN4O2/c1-4-15(21)19(10-11-9-17-20(5-2)18-11)12-6-7-13(16)14(8-12)22-3/h4,6-9H,1,5,10H2,2-3H3. The van der Waals surface area contributed by atoms with Crippen LogP contribution >= 0.6 is 11.6 Å². The number of anilines is 1. The van der Waals surface area contributed by atoms with Crippen molar-refractivity contribution in [3.05, 3.63) is 47.8 Å². The number of rotatable bonds is 6. The van der Waals surface area contributed by atoms with Crippen molar-refractivity contribution in [3.63, 3.8) is 0 Å². The Labute approximate surface area is 133 Å². The van der Waals surface area contributed by atoms with Gasteiger partial charge >= 0.3 is 0 Å². The number of hydrogen-bond acceptors (Lipinski definition) is 4. The molecule has 116 valence electrons. The number of amides is 1. The highest BCUT2D eigenvalue weighted by molar-refractivity contribution is 6.32. The average molecular weight is 321 g/mol. The first kappa shape index (κ1) is 16.0. The first-order chi connectivity index (χ1) is 10.6. The Bertz CT molecular complexity index is 684. The normalized spacial score (nSPS) is 10.3. The fraction of sp³-hybridized carbons (Fsp3) is 0.267. The largest absolute Gasteiger partial charge is 0.495 e. The van der Waals surface area contributed by atoms with Crippen LogP contribution in [0.15, 0.2) is 37.1 Å². The molecule has 1 heterocycles. The summed E-state index contributed by atoms with van der Waals surface area (Å²) in [7, 11) is 1.53. The van der Waals surface area contributed by atoms with E-state index in [9.17, 15) is 4.79 Å². The first-order valence-electron chi connectivity index (χ1n) is 6.75. The van der Waals surface area contributed by atoms with Gasteiger partial charge in [0.15, 0.2) is 0 Å². The smallest absolute Gasteiger partial charge is 0.250 e. The van der Waals surface area contributed by atoms with Crippen molar-refractivity contribution >= 4 is 23.2 Å². The van der Waals surface area contributed by atoms with Crippen LogP contribution in [0, 0.1) is 0 Å². The maximum atomic E-state index is 12.2. The zero-order valence-corrected chi connectivity index (χ0v) is 13.2. The van der Waals surface area contributed by atoms with Crippen molar-refractivity contribution in [2.75, 3.05) is 12.0 Å². The monoisotopic (exact) mass is 320 g/mol. The molecule has 1 aromatic heterocycles. The lowest BCUT2D eigenvalue weighted by Crippen LogP contribution is -2.28. The molecule has 2 rings (SSSR count). The predicted molar refractivity (Wildman–Crippen MR) is 85.1 cm³/mol. The number of hydrogen-bond donors (Lipinski definition) is 0. The molecule has 0 aliphatic heterocycles. The van der Waals surface area contributed by atoms with Crippen molar-refractivity contribution < 1.29 is 9.53 Å². The van der Waals surface area contributed by atoms with Gasteiger partial charge in [0, 0.05) is 11.8 Å². The molecule has 22 heavy (non-hydrogen) atoms. The molecule has 0 atom stereocenters. The van der Waals surface area contributed by atoms with Crippen molar-refractivity contribution in [2.24, 2.45) is 0 Å². The highest BCUT2D eigenvalue weighted by atomic mass is 35.5. The Morgan fingerprint density at radius 1 is 1.55 bits per heavy atom. The van der Waals surface area contributed by atoms with Gasteiger partial charge in [0.25, 0.3) is 5.91 Å². The summed E-state index contributed by atoms with van der Waals surface area (Å²) in [6.07, 6.45) is 2.89. The second kappa shape index (κ2) is 7.09. The number of ether oxygens (including phenoxy) is 1. The van der Waals surface area contributed by atoms with Crippen molar-refractivity contribution in [2.45, 2.75) is 20.0 Å². The number of aryl methyl sites for hydroxylation is 1. The van der Waals surface area contributed by atoms with E-state index in [0.717, 1.165) is 0 Å². The van der Waals surface area contributed by atoms with Gasteiger partial charge in [0.2, 0.25) is 0 Å². The summed E-state index contributed by atoms with van der Waals surface area (Å²) in [5.41, 5.74) is 1.34. The molecule has 7 heteroatoms. The molecule has 0 radical (unpaired) electrons. The molecule has 0 N–H and O–H groups in total. The van der Waals surface area contributed by atoms with Crippen LogP contribution in [-0.4, -0.2) is 28.0 Å². The maximum Gasteiger partial charge on any atom is 0.250 e. The topological polar surface area (TPSA) is 60.2 Å². The Morgan fingerprint density at radius 3 is 2.91 bits per heavy atom. The number of aromatic nitrogens is 3. The van der Waals surface area contributed by atoms with Crippen LogP contribution < -0.4 is 9.64 Å². The van der Waals surface area contributed by atoms with Gasteiger partial charge in [-0.1, -0.05) is 18.2 Å². The van der Waals surface area contributed by atoms with E-state index in [1.165, 1.54) is 18.1 Å². The highest BCUT2D eigenvalue weighted by Gasteiger charge is 2.17. The molecule has 0 unspecified atom stereocenters. The highest BCUT2D eigenvalue weighted by Crippen LogP contribution is 2.30. The zero-order chi connectivity index (χ0) is 16.1. The number of nitrogens with zero attached hydrogens (tertiary/aromatic N) is 4. The fourth-order valence-corrected chi connectivity index (χ4v) is 2.14. The summed E-state index contributed by atoms with van der Waals surface area (Å²) in [5.74, 6) is 0.258. The van der Waals surface area contributed by atoms with Crippen LogP contribution in [0.3, 0.4) is 0 Å². The molecule has 0 saturated carbocycles. The van der Waals surface area contributed by atoms with Crippen LogP contribution in [0.5, 0.6) is 5.75 Å². The second-order valence-corrected chi connectivity index (χ2v) is 4.88. The quantitative estimate of drug-likeness (QED) is 0.768. The maximum absolute atomic E-state index is 12.2. The van der Waals surface area contributed by atoms with Gasteiger partial charge in [-0.15, -0.1) is 0 Å². The van der Waals surface area contributed by atoms with Crippen LogP contribution in [0.25, 0.3) is 0 Å². The number of halogens is 1. The molecule has 0 fully saturated rings. The third-order valence-electron chi connectivity index (χ3n) is 3.07. The van der Waals surface area contributed by atoms with E-state index < -0.39 is 0 Å². The van der Waals surface area contributed by atoms with Crippen LogP contribution in [0.2, 0.25) is 5.02 Å². The molecular weight excluding hydrogens is 304 g/mol. The van der Waals surface area contributed by atoms with Crippen molar-refractivity contribution in [3.8, 4) is 5.75 Å². The molecule has 6 nitrogen and oxygen atoms in total. The Morgan fingerprint density at radius 2 is 2.32 bits per heavy atom. The van der Waals surface area contributed by atoms with Gasteiger partial charge < -0.3 is 9.64 Å². The van der Waals surface area contributed by atoms with E-state index in [1.807, 2.05) is 6.92 Å². The van der Waals surface area contributed by atoms with Gasteiger partial charge in [0.05, 0.1) is 31.4 Å². The molecule has 0 spiro atoms. The Kier molecular flexibility index (Phi) is 5.16. The molecule has 0 bridgehead atoms. The molecule has 1 aromatic carbocycles. The lowest BCUT2D eigenvalue weighted by Gasteiger charge is -2.21. The summed E-state index contributed by atoms with van der Waals surface area (Å²) in [6, 6.07) is 5.13. The zero-order valence-electron chi connectivity index (χ0n) is 12.5. The van der Waals surface area contributed by atoms with E-state index in [1.54, 1.807) is 29.2 Å². The fourth-order valence-electron chi connectivity index (χ4n) is 1.94. The van der Waals surface area contributed by atoms with E-state index in [2.05, 4.69) is 16.8 Å². The van der Waals surface area contributed by atoms with Gasteiger partial charge in [-0.3, -0.25) is 4.79 Å². The van der Waals surface area contributed by atoms with Gasteiger partial charge in [-0.05, 0) is 25.1 Å². The van der Waals surface area contributed by atoms with Gasteiger partial charge in [-0.2, -0.15) is 15.0 Å². The Balaban J connectivity index is 2.33. The summed E-state index contributed by atoms with van der Waals surface area (Å²) in [6.45, 7) is 6.44. The predicted octanol–water partition coefficient (Wildman–Crippen LogP) is 2.68. The second-order valence-electron chi connectivity index (χ2n) is 4.47. The van der Waals surface area contributed by atoms with E-state index in [-0.39, 0.29) is 12.5 Å². The van der Waals surface area contributed by atoms with E-state index in [0.29, 0.717) is 28.7 Å². The van der Waals surface area contributed by atoms with Crippen LogP contribution in [0.4, 0.5) is 5.69 Å².